The van der Waals surface area contributed by atoms with Gasteiger partial charge in [0.2, 0.25) is 0 Å². The van der Waals surface area contributed by atoms with E-state index < -0.39 is 5.60 Å². The van der Waals surface area contributed by atoms with Crippen LogP contribution in [0, 0.1) is 6.92 Å². The van der Waals surface area contributed by atoms with Crippen molar-refractivity contribution in [1.29, 1.82) is 0 Å². The Morgan fingerprint density at radius 3 is 1.97 bits per heavy atom. The van der Waals surface area contributed by atoms with Gasteiger partial charge in [0.15, 0.2) is 17.9 Å². The summed E-state index contributed by atoms with van der Waals surface area (Å²) < 4.78 is 8.38. The molecule has 0 fully saturated rings. The van der Waals surface area contributed by atoms with Crippen molar-refractivity contribution in [1.82, 2.24) is 0 Å². The molecule has 0 aromatic heterocycles. The number of benzene rings is 4. The van der Waals surface area contributed by atoms with Gasteiger partial charge in [-0.3, -0.25) is 0 Å². The highest BCUT2D eigenvalue weighted by atomic mass is 16.5. The van der Waals surface area contributed by atoms with Gasteiger partial charge >= 0.3 is 0 Å². The molecule has 1 atom stereocenters. The van der Waals surface area contributed by atoms with Crippen LogP contribution in [0.4, 0.5) is 0 Å². The van der Waals surface area contributed by atoms with Crippen LogP contribution >= 0.6 is 0 Å². The fourth-order valence-corrected chi connectivity index (χ4v) is 4.79. The lowest BCUT2D eigenvalue weighted by Gasteiger charge is -2.35. The lowest BCUT2D eigenvalue weighted by molar-refractivity contribution is -0.608. The fourth-order valence-electron chi connectivity index (χ4n) is 4.79. The normalized spacial score (nSPS) is 14.1. The van der Waals surface area contributed by atoms with E-state index in [-0.39, 0.29) is 6.04 Å². The fraction of sp³-hybridized carbons (Fsp3) is 0.167. The van der Waals surface area contributed by atoms with Gasteiger partial charge < -0.3 is 9.84 Å². The topological polar surface area (TPSA) is 32.5 Å². The Morgan fingerprint density at radius 2 is 1.36 bits per heavy atom. The van der Waals surface area contributed by atoms with Gasteiger partial charge in [-0.05, 0) is 35.2 Å². The third-order valence-electron chi connectivity index (χ3n) is 6.49. The van der Waals surface area contributed by atoms with Crippen LogP contribution in [-0.2, 0) is 12.0 Å². The first-order valence-corrected chi connectivity index (χ1v) is 11.4. The Morgan fingerprint density at radius 1 is 0.788 bits per heavy atom. The summed E-state index contributed by atoms with van der Waals surface area (Å²) in [5.74, 6) is 0.912. The molecule has 1 N–H and O–H groups in total. The summed E-state index contributed by atoms with van der Waals surface area (Å²) in [5.41, 5.74) is 3.78. The first kappa shape index (κ1) is 21.2. The minimum Gasteiger partial charge on any atom is -0.435 e. The van der Waals surface area contributed by atoms with Crippen molar-refractivity contribution in [3.8, 4) is 5.75 Å². The SMILES string of the molecule is Cc1cccc2c1OC[N+](C(Cc1ccccc1)C(O)(c1ccccc1)c1ccccc1)=C2. The number of aliphatic hydroxyl groups is 1. The van der Waals surface area contributed by atoms with E-state index >= 15 is 0 Å². The van der Waals surface area contributed by atoms with Crippen LogP contribution in [0.5, 0.6) is 5.75 Å². The Balaban J connectivity index is 1.70. The molecule has 0 saturated carbocycles. The average Bonchev–Trinajstić information content (AvgIpc) is 2.88. The van der Waals surface area contributed by atoms with E-state index in [2.05, 4.69) is 42.0 Å². The van der Waals surface area contributed by atoms with Crippen molar-refractivity contribution < 1.29 is 14.4 Å². The number of para-hydroxylation sites is 1. The molecular weight excluding hydrogens is 406 g/mol. The third-order valence-corrected chi connectivity index (χ3v) is 6.49. The van der Waals surface area contributed by atoms with Crippen LogP contribution in [0.25, 0.3) is 0 Å². The molecule has 0 aliphatic carbocycles. The first-order chi connectivity index (χ1) is 16.2. The summed E-state index contributed by atoms with van der Waals surface area (Å²) >= 11 is 0. The van der Waals surface area contributed by atoms with Crippen molar-refractivity contribution in [3.05, 3.63) is 137 Å². The predicted molar refractivity (Wildman–Crippen MR) is 132 cm³/mol. The first-order valence-electron chi connectivity index (χ1n) is 11.4. The summed E-state index contributed by atoms with van der Waals surface area (Å²) in [6.45, 7) is 2.44. The second-order valence-corrected chi connectivity index (χ2v) is 8.61. The third kappa shape index (κ3) is 4.08. The smallest absolute Gasteiger partial charge is 0.287 e. The van der Waals surface area contributed by atoms with Gasteiger partial charge in [-0.1, -0.05) is 103 Å². The molecule has 164 valence electrons. The number of aryl methyl sites for hydroxylation is 1. The molecule has 4 aromatic carbocycles. The molecule has 33 heavy (non-hydrogen) atoms. The van der Waals surface area contributed by atoms with E-state index in [0.29, 0.717) is 13.2 Å². The zero-order valence-corrected chi connectivity index (χ0v) is 18.8. The van der Waals surface area contributed by atoms with E-state index in [1.807, 2.05) is 84.9 Å². The highest BCUT2D eigenvalue weighted by Gasteiger charge is 2.48. The Hall–Kier alpha value is -3.69. The van der Waals surface area contributed by atoms with Gasteiger partial charge in [0, 0.05) is 6.42 Å². The Kier molecular flexibility index (Phi) is 5.80. The molecule has 1 unspecified atom stereocenters. The highest BCUT2D eigenvalue weighted by Crippen LogP contribution is 2.37. The molecule has 1 aliphatic heterocycles. The predicted octanol–water partition coefficient (Wildman–Crippen LogP) is 5.32. The van der Waals surface area contributed by atoms with E-state index in [1.165, 1.54) is 0 Å². The monoisotopic (exact) mass is 434 g/mol. The zero-order chi connectivity index (χ0) is 22.7. The molecule has 0 saturated heterocycles. The van der Waals surface area contributed by atoms with Crippen LogP contribution in [0.15, 0.2) is 109 Å². The summed E-state index contributed by atoms with van der Waals surface area (Å²) in [4.78, 5) is 0. The number of hydrogen-bond acceptors (Lipinski definition) is 2. The van der Waals surface area contributed by atoms with E-state index in [9.17, 15) is 5.11 Å². The van der Waals surface area contributed by atoms with Crippen LogP contribution in [-0.4, -0.2) is 28.7 Å². The summed E-state index contributed by atoms with van der Waals surface area (Å²) in [6.07, 6.45) is 2.79. The molecule has 0 bridgehead atoms. The maximum Gasteiger partial charge on any atom is 0.287 e. The van der Waals surface area contributed by atoms with Crippen molar-refractivity contribution in [2.75, 3.05) is 6.73 Å². The molecule has 4 aromatic rings. The molecule has 3 nitrogen and oxygen atoms in total. The largest absolute Gasteiger partial charge is 0.435 e. The number of hydrogen-bond donors (Lipinski definition) is 1. The van der Waals surface area contributed by atoms with Gasteiger partial charge in [-0.2, -0.15) is 4.58 Å². The van der Waals surface area contributed by atoms with Crippen LogP contribution in [0.3, 0.4) is 0 Å². The molecule has 0 spiro atoms. The Bertz CT molecular complexity index is 1210. The second kappa shape index (κ2) is 9.05. The van der Waals surface area contributed by atoms with Crippen LogP contribution < -0.4 is 4.74 Å². The van der Waals surface area contributed by atoms with Crippen molar-refractivity contribution in [3.63, 3.8) is 0 Å². The molecule has 0 radical (unpaired) electrons. The van der Waals surface area contributed by atoms with Crippen molar-refractivity contribution in [2.24, 2.45) is 0 Å². The summed E-state index contributed by atoms with van der Waals surface area (Å²) in [6, 6.07) is 36.2. The maximum absolute atomic E-state index is 12.6. The molecule has 1 aliphatic rings. The number of nitrogens with zero attached hydrogens (tertiary/aromatic N) is 1. The number of rotatable bonds is 6. The van der Waals surface area contributed by atoms with E-state index in [1.54, 1.807) is 0 Å². The number of fused-ring (bicyclic) bond motifs is 1. The number of ether oxygens (including phenoxy) is 1. The van der Waals surface area contributed by atoms with Gasteiger partial charge in [0.25, 0.3) is 6.73 Å². The minimum atomic E-state index is -1.25. The second-order valence-electron chi connectivity index (χ2n) is 8.61. The standard InChI is InChI=1S/C30H28NO2/c1-23-12-11-15-25-21-31(22-33-29(23)25)28(20-24-13-5-2-6-14-24)30(32,26-16-7-3-8-17-26)27-18-9-4-10-19-27/h2-19,21,28,32H,20,22H2,1H3/q+1. The average molecular weight is 435 g/mol. The van der Waals surface area contributed by atoms with Crippen molar-refractivity contribution >= 4 is 6.21 Å². The van der Waals surface area contributed by atoms with Gasteiger partial charge in [0.1, 0.15) is 5.75 Å². The molecule has 5 rings (SSSR count). The Labute approximate surface area is 195 Å². The quantitative estimate of drug-likeness (QED) is 0.417. The molecular formula is C30H28NO2+. The van der Waals surface area contributed by atoms with Gasteiger partial charge in [-0.15, -0.1) is 0 Å². The lowest BCUT2D eigenvalue weighted by Crippen LogP contribution is -2.51. The van der Waals surface area contributed by atoms with Gasteiger partial charge in [0.05, 0.1) is 5.56 Å². The van der Waals surface area contributed by atoms with Crippen molar-refractivity contribution in [2.45, 2.75) is 25.0 Å². The molecule has 1 heterocycles. The van der Waals surface area contributed by atoms with Crippen LogP contribution in [0.1, 0.15) is 27.8 Å². The van der Waals surface area contributed by atoms with E-state index in [4.69, 9.17) is 4.74 Å². The maximum atomic E-state index is 12.6. The summed E-state index contributed by atoms with van der Waals surface area (Å²) in [5, 5.41) is 12.6. The minimum absolute atomic E-state index is 0.293. The highest BCUT2D eigenvalue weighted by molar-refractivity contribution is 5.81. The summed E-state index contributed by atoms with van der Waals surface area (Å²) in [7, 11) is 0. The zero-order valence-electron chi connectivity index (χ0n) is 18.8. The lowest BCUT2D eigenvalue weighted by atomic mass is 9.77. The van der Waals surface area contributed by atoms with Crippen LogP contribution in [0.2, 0.25) is 0 Å². The van der Waals surface area contributed by atoms with E-state index in [0.717, 1.165) is 33.6 Å². The molecule has 3 heteroatoms. The molecule has 0 amide bonds. The van der Waals surface area contributed by atoms with Gasteiger partial charge in [-0.25, -0.2) is 0 Å².